The summed E-state index contributed by atoms with van der Waals surface area (Å²) in [4.78, 5) is 25.1. The van der Waals surface area contributed by atoms with E-state index in [4.69, 9.17) is 10.8 Å². The highest BCUT2D eigenvalue weighted by molar-refractivity contribution is 8.02. The molecule has 2 atom stereocenters. The second kappa shape index (κ2) is 6.61. The van der Waals surface area contributed by atoms with Crippen LogP contribution in [0.1, 0.15) is 40.0 Å². The first kappa shape index (κ1) is 16.3. The zero-order valence-electron chi connectivity index (χ0n) is 11.9. The summed E-state index contributed by atoms with van der Waals surface area (Å²) in [5, 5.41) is 8.72. The number of carboxylic acid groups (broad SMARTS) is 1. The SMILES string of the molecule is CC(SC(C)(C)[C@H](N)C(=O)O)C(=O)N1CCCCC1. The van der Waals surface area contributed by atoms with Gasteiger partial charge in [-0.05, 0) is 40.0 Å². The molecule has 0 radical (unpaired) electrons. The molecule has 1 saturated heterocycles. The first-order valence-corrected chi connectivity index (χ1v) is 7.58. The lowest BCUT2D eigenvalue weighted by atomic mass is 10.1. The minimum absolute atomic E-state index is 0.0929. The molecule has 3 N–H and O–H groups in total. The van der Waals surface area contributed by atoms with Crippen LogP contribution in [-0.4, -0.2) is 51.0 Å². The van der Waals surface area contributed by atoms with Gasteiger partial charge in [-0.2, -0.15) is 0 Å². The highest BCUT2D eigenvalue weighted by Crippen LogP contribution is 2.32. The lowest BCUT2D eigenvalue weighted by Gasteiger charge is -2.34. The Balaban J connectivity index is 2.59. The number of piperidine rings is 1. The van der Waals surface area contributed by atoms with Crippen molar-refractivity contribution in [2.24, 2.45) is 5.73 Å². The molecule has 0 aromatic carbocycles. The molecule has 1 amide bonds. The van der Waals surface area contributed by atoms with E-state index in [0.717, 1.165) is 25.9 Å². The maximum Gasteiger partial charge on any atom is 0.321 e. The van der Waals surface area contributed by atoms with E-state index in [1.807, 2.05) is 11.8 Å². The zero-order chi connectivity index (χ0) is 14.6. The third-order valence-corrected chi connectivity index (χ3v) is 4.93. The number of thioether (sulfide) groups is 1. The highest BCUT2D eigenvalue weighted by Gasteiger charge is 2.36. The van der Waals surface area contributed by atoms with E-state index < -0.39 is 16.8 Å². The number of likely N-dealkylation sites (tertiary alicyclic amines) is 1. The number of aliphatic carboxylic acids is 1. The number of hydrogen-bond acceptors (Lipinski definition) is 4. The van der Waals surface area contributed by atoms with E-state index in [0.29, 0.717) is 0 Å². The molecule has 1 aliphatic rings. The van der Waals surface area contributed by atoms with Crippen molar-refractivity contribution in [1.82, 2.24) is 4.90 Å². The molecule has 1 rings (SSSR count). The molecule has 0 aromatic heterocycles. The number of hydrogen-bond donors (Lipinski definition) is 2. The third kappa shape index (κ3) is 4.38. The summed E-state index contributed by atoms with van der Waals surface area (Å²) in [6, 6.07) is -0.978. The van der Waals surface area contributed by atoms with Crippen molar-refractivity contribution in [2.75, 3.05) is 13.1 Å². The minimum atomic E-state index is -1.03. The largest absolute Gasteiger partial charge is 0.480 e. The van der Waals surface area contributed by atoms with Gasteiger partial charge in [0.25, 0.3) is 0 Å². The summed E-state index contributed by atoms with van der Waals surface area (Å²) in [6.45, 7) is 7.01. The molecule has 0 spiro atoms. The number of nitrogens with two attached hydrogens (primary N) is 1. The van der Waals surface area contributed by atoms with Crippen LogP contribution >= 0.6 is 11.8 Å². The topological polar surface area (TPSA) is 83.6 Å². The second-order valence-electron chi connectivity index (χ2n) is 5.57. The second-order valence-corrected chi connectivity index (χ2v) is 7.56. The fourth-order valence-electron chi connectivity index (χ4n) is 2.25. The number of amides is 1. The van der Waals surface area contributed by atoms with Crippen molar-refractivity contribution >= 4 is 23.6 Å². The summed E-state index contributed by atoms with van der Waals surface area (Å²) in [5.74, 6) is -0.939. The smallest absolute Gasteiger partial charge is 0.321 e. The van der Waals surface area contributed by atoms with Crippen LogP contribution in [0.5, 0.6) is 0 Å². The van der Waals surface area contributed by atoms with Gasteiger partial charge in [-0.25, -0.2) is 0 Å². The Labute approximate surface area is 118 Å². The van der Waals surface area contributed by atoms with Gasteiger partial charge in [0, 0.05) is 17.8 Å². The van der Waals surface area contributed by atoms with Gasteiger partial charge in [-0.15, -0.1) is 11.8 Å². The number of carbonyl (C=O) groups excluding carboxylic acids is 1. The van der Waals surface area contributed by atoms with Crippen molar-refractivity contribution in [2.45, 2.75) is 56.1 Å². The van der Waals surface area contributed by atoms with Gasteiger partial charge in [-0.1, -0.05) is 0 Å². The van der Waals surface area contributed by atoms with Crippen LogP contribution in [0, 0.1) is 0 Å². The van der Waals surface area contributed by atoms with Crippen LogP contribution < -0.4 is 5.73 Å². The molecule has 1 heterocycles. The Kier molecular flexibility index (Phi) is 5.67. The third-order valence-electron chi connectivity index (χ3n) is 3.51. The number of carboxylic acids is 1. The number of carbonyl (C=O) groups is 2. The van der Waals surface area contributed by atoms with E-state index in [1.165, 1.54) is 18.2 Å². The van der Waals surface area contributed by atoms with E-state index in [1.54, 1.807) is 13.8 Å². The molecule has 110 valence electrons. The molecule has 0 saturated carbocycles. The predicted octanol–water partition coefficient (Wildman–Crippen LogP) is 1.31. The van der Waals surface area contributed by atoms with Crippen LogP contribution in [0.2, 0.25) is 0 Å². The van der Waals surface area contributed by atoms with Gasteiger partial charge in [0.2, 0.25) is 5.91 Å². The van der Waals surface area contributed by atoms with Gasteiger partial charge in [0.15, 0.2) is 0 Å². The summed E-state index contributed by atoms with van der Waals surface area (Å²) in [7, 11) is 0. The van der Waals surface area contributed by atoms with Gasteiger partial charge in [-0.3, -0.25) is 9.59 Å². The first-order chi connectivity index (χ1) is 8.75. The molecule has 1 aliphatic heterocycles. The molecule has 0 bridgehead atoms. The van der Waals surface area contributed by atoms with Crippen molar-refractivity contribution < 1.29 is 14.7 Å². The molecule has 0 aromatic rings. The van der Waals surface area contributed by atoms with E-state index in [9.17, 15) is 9.59 Å². The lowest BCUT2D eigenvalue weighted by molar-refractivity contribution is -0.139. The molecular weight excluding hydrogens is 264 g/mol. The molecular formula is C13H24N2O3S. The first-order valence-electron chi connectivity index (χ1n) is 6.70. The highest BCUT2D eigenvalue weighted by atomic mass is 32.2. The number of nitrogens with zero attached hydrogens (tertiary/aromatic N) is 1. The van der Waals surface area contributed by atoms with Gasteiger partial charge >= 0.3 is 5.97 Å². The average molecular weight is 288 g/mol. The van der Waals surface area contributed by atoms with Crippen LogP contribution in [0.15, 0.2) is 0 Å². The van der Waals surface area contributed by atoms with Crippen molar-refractivity contribution in [3.05, 3.63) is 0 Å². The monoisotopic (exact) mass is 288 g/mol. The molecule has 6 heteroatoms. The van der Waals surface area contributed by atoms with Gasteiger partial charge < -0.3 is 15.7 Å². The molecule has 19 heavy (non-hydrogen) atoms. The van der Waals surface area contributed by atoms with Crippen molar-refractivity contribution in [3.63, 3.8) is 0 Å². The summed E-state index contributed by atoms with van der Waals surface area (Å²) in [5.41, 5.74) is 5.68. The molecule has 5 nitrogen and oxygen atoms in total. The quantitative estimate of drug-likeness (QED) is 0.797. The van der Waals surface area contributed by atoms with Gasteiger partial charge in [0.05, 0.1) is 5.25 Å². The van der Waals surface area contributed by atoms with E-state index in [-0.39, 0.29) is 11.2 Å². The predicted molar refractivity (Wildman–Crippen MR) is 77.2 cm³/mol. The van der Waals surface area contributed by atoms with Crippen molar-refractivity contribution in [1.29, 1.82) is 0 Å². The maximum absolute atomic E-state index is 12.3. The average Bonchev–Trinajstić information content (AvgIpc) is 2.37. The van der Waals surface area contributed by atoms with Gasteiger partial charge in [0.1, 0.15) is 6.04 Å². The summed E-state index contributed by atoms with van der Waals surface area (Å²) >= 11 is 1.34. The molecule has 1 fully saturated rings. The number of rotatable bonds is 5. The van der Waals surface area contributed by atoms with Crippen LogP contribution in [0.25, 0.3) is 0 Å². The molecule has 1 unspecified atom stereocenters. The normalized spacial score (nSPS) is 19.9. The van der Waals surface area contributed by atoms with Crippen molar-refractivity contribution in [3.8, 4) is 0 Å². The Hall–Kier alpha value is -0.750. The molecule has 0 aliphatic carbocycles. The Morgan fingerprint density at radius 3 is 2.26 bits per heavy atom. The Morgan fingerprint density at radius 1 is 1.26 bits per heavy atom. The zero-order valence-corrected chi connectivity index (χ0v) is 12.7. The fourth-order valence-corrected chi connectivity index (χ4v) is 3.66. The van der Waals surface area contributed by atoms with E-state index in [2.05, 4.69) is 0 Å². The van der Waals surface area contributed by atoms with Crippen LogP contribution in [0.3, 0.4) is 0 Å². The minimum Gasteiger partial charge on any atom is -0.480 e. The summed E-state index contributed by atoms with van der Waals surface area (Å²) < 4.78 is -0.670. The van der Waals surface area contributed by atoms with Crippen LogP contribution in [-0.2, 0) is 9.59 Å². The lowest BCUT2D eigenvalue weighted by Crippen LogP contribution is -2.49. The fraction of sp³-hybridized carbons (Fsp3) is 0.846. The summed E-state index contributed by atoms with van der Waals surface area (Å²) in [6.07, 6.45) is 3.29. The Morgan fingerprint density at radius 2 is 1.79 bits per heavy atom. The maximum atomic E-state index is 12.3. The van der Waals surface area contributed by atoms with E-state index >= 15 is 0 Å². The standard InChI is InChI=1S/C13H24N2O3S/c1-9(11(16)15-7-5-4-6-8-15)19-13(2,3)10(14)12(17)18/h9-10H,4-8,14H2,1-3H3,(H,17,18)/t9?,10-/m1/s1. The van der Waals surface area contributed by atoms with Crippen LogP contribution in [0.4, 0.5) is 0 Å². The Bertz CT molecular complexity index is 341.